The first-order chi connectivity index (χ1) is 13.4. The van der Waals surface area contributed by atoms with Crippen LogP contribution in [-0.2, 0) is 27.2 Å². The fourth-order valence-corrected chi connectivity index (χ4v) is 3.56. The minimum Gasteiger partial charge on any atom is -0.478 e. The van der Waals surface area contributed by atoms with Gasteiger partial charge in [-0.3, -0.25) is 9.78 Å². The van der Waals surface area contributed by atoms with E-state index in [0.717, 1.165) is 22.4 Å². The van der Waals surface area contributed by atoms with Crippen LogP contribution in [0, 0.1) is 0 Å². The number of nitrogens with zero attached hydrogens (tertiary/aromatic N) is 2. The number of rotatable bonds is 8. The zero-order chi connectivity index (χ0) is 20.1. The van der Waals surface area contributed by atoms with Gasteiger partial charge in [-0.05, 0) is 38.0 Å². The maximum absolute atomic E-state index is 12.9. The average Bonchev–Trinajstić information content (AvgIpc) is 3.09. The number of benzene rings is 1. The summed E-state index contributed by atoms with van der Waals surface area (Å²) in [4.78, 5) is 21.7. The highest BCUT2D eigenvalue weighted by atomic mass is 16.5. The van der Waals surface area contributed by atoms with Gasteiger partial charge in [0.1, 0.15) is 5.78 Å². The molecule has 3 rings (SSSR count). The molecular weight excluding hydrogens is 352 g/mol. The highest BCUT2D eigenvalue weighted by Crippen LogP contribution is 2.34. The van der Waals surface area contributed by atoms with Gasteiger partial charge in [0.15, 0.2) is 0 Å². The molecule has 0 radical (unpaired) electrons. The number of carbonyl (C=O) groups is 1. The molecule has 0 aliphatic carbocycles. The number of aliphatic imine (C=N–C) groups is 1. The second kappa shape index (κ2) is 8.65. The van der Waals surface area contributed by atoms with Crippen LogP contribution in [0.1, 0.15) is 55.5 Å². The molecule has 2 aromatic rings. The van der Waals surface area contributed by atoms with Gasteiger partial charge in [-0.25, -0.2) is 4.99 Å². The molecule has 0 fully saturated rings. The molecule has 28 heavy (non-hydrogen) atoms. The number of pyridine rings is 1. The van der Waals surface area contributed by atoms with Crippen LogP contribution in [0.4, 0.5) is 0 Å². The maximum atomic E-state index is 12.9. The summed E-state index contributed by atoms with van der Waals surface area (Å²) >= 11 is 0. The van der Waals surface area contributed by atoms with Crippen molar-refractivity contribution in [1.82, 2.24) is 4.98 Å². The van der Waals surface area contributed by atoms with E-state index in [9.17, 15) is 4.79 Å². The molecule has 0 N–H and O–H groups in total. The van der Waals surface area contributed by atoms with E-state index in [1.165, 1.54) is 0 Å². The van der Waals surface area contributed by atoms with Crippen molar-refractivity contribution in [2.75, 3.05) is 13.7 Å². The SMILES string of the molecule is CCOC1=NCc2cc(CC(=O)C[C@@H](c3ccccc3)C(C)(C)OC)ncc21. The van der Waals surface area contributed by atoms with Crippen molar-refractivity contribution in [3.8, 4) is 0 Å². The lowest BCUT2D eigenvalue weighted by Gasteiger charge is -2.33. The predicted molar refractivity (Wildman–Crippen MR) is 110 cm³/mol. The zero-order valence-corrected chi connectivity index (χ0v) is 17.1. The zero-order valence-electron chi connectivity index (χ0n) is 17.1. The van der Waals surface area contributed by atoms with Gasteiger partial charge in [-0.1, -0.05) is 30.3 Å². The third-order valence-electron chi connectivity index (χ3n) is 5.33. The Labute approximate surface area is 166 Å². The number of carbonyl (C=O) groups excluding carboxylic acids is 1. The van der Waals surface area contributed by atoms with Gasteiger partial charge in [0.25, 0.3) is 0 Å². The van der Waals surface area contributed by atoms with Gasteiger partial charge in [-0.15, -0.1) is 0 Å². The van der Waals surface area contributed by atoms with Crippen LogP contribution in [0.25, 0.3) is 0 Å². The van der Waals surface area contributed by atoms with Crippen molar-refractivity contribution in [2.45, 2.75) is 51.7 Å². The van der Waals surface area contributed by atoms with Crippen molar-refractivity contribution in [2.24, 2.45) is 4.99 Å². The summed E-state index contributed by atoms with van der Waals surface area (Å²) in [6, 6.07) is 12.1. The fraction of sp³-hybridized carbons (Fsp3) is 0.435. The highest BCUT2D eigenvalue weighted by molar-refractivity contribution is 5.97. The Morgan fingerprint density at radius 1 is 1.25 bits per heavy atom. The van der Waals surface area contributed by atoms with E-state index >= 15 is 0 Å². The number of aromatic nitrogens is 1. The van der Waals surface area contributed by atoms with Crippen LogP contribution in [0.3, 0.4) is 0 Å². The van der Waals surface area contributed by atoms with Crippen molar-refractivity contribution < 1.29 is 14.3 Å². The summed E-state index contributed by atoms with van der Waals surface area (Å²) in [7, 11) is 1.69. The number of ether oxygens (including phenoxy) is 2. The van der Waals surface area contributed by atoms with E-state index < -0.39 is 5.60 Å². The van der Waals surface area contributed by atoms with Crippen LogP contribution < -0.4 is 0 Å². The third kappa shape index (κ3) is 4.47. The number of hydrogen-bond acceptors (Lipinski definition) is 5. The molecule has 1 atom stereocenters. The molecule has 5 nitrogen and oxygen atoms in total. The maximum Gasteiger partial charge on any atom is 0.218 e. The summed E-state index contributed by atoms with van der Waals surface area (Å²) in [5.74, 6) is 0.776. The molecule has 1 aliphatic heterocycles. The Balaban J connectivity index is 1.72. The van der Waals surface area contributed by atoms with Crippen LogP contribution in [-0.4, -0.2) is 36.0 Å². The molecule has 1 aromatic heterocycles. The minimum atomic E-state index is -0.442. The molecule has 0 unspecified atom stereocenters. The molecule has 0 spiro atoms. The van der Waals surface area contributed by atoms with Crippen molar-refractivity contribution in [1.29, 1.82) is 0 Å². The molecule has 0 amide bonds. The first-order valence-corrected chi connectivity index (χ1v) is 9.71. The fourth-order valence-electron chi connectivity index (χ4n) is 3.56. The van der Waals surface area contributed by atoms with Gasteiger partial charge in [0, 0.05) is 37.8 Å². The lowest BCUT2D eigenvalue weighted by atomic mass is 9.80. The Hall–Kier alpha value is -2.53. The monoisotopic (exact) mass is 380 g/mol. The summed E-state index contributed by atoms with van der Waals surface area (Å²) in [6.07, 6.45) is 2.48. The molecule has 1 aliphatic rings. The number of Topliss-reactive ketones (excluding diaryl/α,β-unsaturated/α-hetero) is 1. The van der Waals surface area contributed by atoms with Crippen LogP contribution in [0.5, 0.6) is 0 Å². The first kappa shape index (κ1) is 20.2. The number of fused-ring (bicyclic) bond motifs is 1. The summed E-state index contributed by atoms with van der Waals surface area (Å²) in [6.45, 7) is 7.15. The van der Waals surface area contributed by atoms with E-state index in [1.807, 2.05) is 45.0 Å². The lowest BCUT2D eigenvalue weighted by molar-refractivity contribution is -0.120. The van der Waals surface area contributed by atoms with Gasteiger partial charge in [0.05, 0.1) is 24.3 Å². The summed E-state index contributed by atoms with van der Waals surface area (Å²) < 4.78 is 11.2. The summed E-state index contributed by atoms with van der Waals surface area (Å²) in [5.41, 5.74) is 3.44. The van der Waals surface area contributed by atoms with E-state index in [2.05, 4.69) is 22.1 Å². The van der Waals surface area contributed by atoms with Gasteiger partial charge in [-0.2, -0.15) is 0 Å². The lowest BCUT2D eigenvalue weighted by Crippen LogP contribution is -2.33. The first-order valence-electron chi connectivity index (χ1n) is 9.71. The standard InChI is InChI=1S/C23H28N2O3/c1-5-28-22-20-15-24-18(11-17(20)14-25-22)12-19(26)13-21(23(2,3)27-4)16-9-7-6-8-10-16/h6-11,15,21H,5,12-14H2,1-4H3/t21-/m0/s1. The number of hydrogen-bond donors (Lipinski definition) is 0. The molecule has 0 bridgehead atoms. The Morgan fingerprint density at radius 3 is 2.68 bits per heavy atom. The van der Waals surface area contributed by atoms with Crippen LogP contribution >= 0.6 is 0 Å². The molecule has 148 valence electrons. The van der Waals surface area contributed by atoms with Crippen molar-refractivity contribution in [3.63, 3.8) is 0 Å². The van der Waals surface area contributed by atoms with Gasteiger partial charge in [0.2, 0.25) is 5.90 Å². The topological polar surface area (TPSA) is 60.8 Å². The van der Waals surface area contributed by atoms with Gasteiger partial charge < -0.3 is 9.47 Å². The summed E-state index contributed by atoms with van der Waals surface area (Å²) in [5, 5.41) is 0. The largest absolute Gasteiger partial charge is 0.478 e. The molecule has 0 saturated heterocycles. The normalized spacial score (nSPS) is 14.4. The Morgan fingerprint density at radius 2 is 2.00 bits per heavy atom. The van der Waals surface area contributed by atoms with E-state index in [4.69, 9.17) is 9.47 Å². The minimum absolute atomic E-state index is 0.0199. The molecule has 0 saturated carbocycles. The van der Waals surface area contributed by atoms with Crippen molar-refractivity contribution in [3.05, 3.63) is 65.0 Å². The predicted octanol–water partition coefficient (Wildman–Crippen LogP) is 4.09. The van der Waals surface area contributed by atoms with E-state index in [-0.39, 0.29) is 11.7 Å². The molecule has 1 aromatic carbocycles. The Kier molecular flexibility index (Phi) is 6.25. The second-order valence-corrected chi connectivity index (χ2v) is 7.58. The second-order valence-electron chi connectivity index (χ2n) is 7.58. The smallest absolute Gasteiger partial charge is 0.218 e. The molecule has 2 heterocycles. The van der Waals surface area contributed by atoms with Crippen LogP contribution in [0.15, 0.2) is 47.6 Å². The molecule has 5 heteroatoms. The number of methoxy groups -OCH3 is 1. The van der Waals surface area contributed by atoms with E-state index in [1.54, 1.807) is 13.3 Å². The van der Waals surface area contributed by atoms with Crippen LogP contribution in [0.2, 0.25) is 0 Å². The molecular formula is C23H28N2O3. The quantitative estimate of drug-likeness (QED) is 0.692. The number of ketones is 1. The highest BCUT2D eigenvalue weighted by Gasteiger charge is 2.32. The third-order valence-corrected chi connectivity index (χ3v) is 5.33. The Bertz CT molecular complexity index is 859. The van der Waals surface area contributed by atoms with Gasteiger partial charge >= 0.3 is 0 Å². The van der Waals surface area contributed by atoms with Crippen molar-refractivity contribution >= 4 is 11.7 Å². The van der Waals surface area contributed by atoms with E-state index in [0.29, 0.717) is 31.9 Å². The average molecular weight is 380 g/mol.